The molecular formula is C26H29F3N4O5. The molecular weight excluding hydrogens is 505 g/mol. The van der Waals surface area contributed by atoms with Crippen LogP contribution in [0.15, 0.2) is 36.5 Å². The third kappa shape index (κ3) is 6.13. The molecule has 1 aliphatic rings. The van der Waals surface area contributed by atoms with E-state index in [4.69, 9.17) is 14.9 Å². The zero-order valence-electron chi connectivity index (χ0n) is 21.0. The average molecular weight is 535 g/mol. The Hall–Kier alpha value is -3.51. The van der Waals surface area contributed by atoms with Crippen LogP contribution < -0.4 is 5.32 Å². The number of hydrogen-bond acceptors (Lipinski definition) is 6. The summed E-state index contributed by atoms with van der Waals surface area (Å²) in [6, 6.07) is 6.52. The number of rotatable bonds is 8. The maximum atomic E-state index is 13.1. The minimum Gasteiger partial charge on any atom is -0.480 e. The van der Waals surface area contributed by atoms with Gasteiger partial charge in [-0.25, -0.2) is 9.78 Å². The third-order valence-electron chi connectivity index (χ3n) is 6.84. The van der Waals surface area contributed by atoms with Crippen molar-refractivity contribution >= 4 is 28.5 Å². The van der Waals surface area contributed by atoms with Gasteiger partial charge in [0.15, 0.2) is 0 Å². The standard InChI is InChI=1S/C26H29F3N4O5/c1-25(2,38-14-23(35)36)18-11-20-16(12-33(32-20)17-8-6-15(13-34)7-9-17)10-21(18)31-24(37)19-4-3-5-22(30-19)26(27,28)29/h3-5,10-12,15,17,34H,6-9,13-14H2,1-2H3,(H,31,37)(H,35,36). The highest BCUT2D eigenvalue weighted by atomic mass is 19.4. The highest BCUT2D eigenvalue weighted by molar-refractivity contribution is 6.04. The molecule has 2 heterocycles. The molecule has 1 aliphatic carbocycles. The summed E-state index contributed by atoms with van der Waals surface area (Å²) in [6.45, 7) is 2.81. The van der Waals surface area contributed by atoms with Crippen molar-refractivity contribution in [1.82, 2.24) is 14.8 Å². The second-order valence-corrected chi connectivity index (χ2v) is 9.98. The van der Waals surface area contributed by atoms with Crippen molar-refractivity contribution in [3.8, 4) is 0 Å². The molecule has 3 aromatic rings. The van der Waals surface area contributed by atoms with Gasteiger partial charge in [0.05, 0.1) is 17.2 Å². The van der Waals surface area contributed by atoms with Crippen molar-refractivity contribution in [3.63, 3.8) is 0 Å². The van der Waals surface area contributed by atoms with E-state index in [-0.39, 0.29) is 24.3 Å². The number of aliphatic carboxylic acids is 1. The number of amides is 1. The number of carbonyl (C=O) groups is 2. The zero-order valence-corrected chi connectivity index (χ0v) is 21.0. The van der Waals surface area contributed by atoms with E-state index in [0.717, 1.165) is 37.8 Å². The number of nitrogens with one attached hydrogen (secondary N) is 1. The summed E-state index contributed by atoms with van der Waals surface area (Å²) in [5, 5.41) is 26.5. The number of benzene rings is 1. The van der Waals surface area contributed by atoms with E-state index < -0.39 is 41.6 Å². The molecule has 1 fully saturated rings. The van der Waals surface area contributed by atoms with Gasteiger partial charge in [0.25, 0.3) is 5.91 Å². The second-order valence-electron chi connectivity index (χ2n) is 9.98. The summed E-state index contributed by atoms with van der Waals surface area (Å²) < 4.78 is 46.8. The van der Waals surface area contributed by atoms with Crippen molar-refractivity contribution in [1.29, 1.82) is 0 Å². The van der Waals surface area contributed by atoms with E-state index in [1.165, 1.54) is 6.07 Å². The lowest BCUT2D eigenvalue weighted by Gasteiger charge is -2.27. The minimum atomic E-state index is -4.71. The molecule has 0 saturated heterocycles. The fourth-order valence-corrected chi connectivity index (χ4v) is 4.70. The summed E-state index contributed by atoms with van der Waals surface area (Å²) >= 11 is 0. The van der Waals surface area contributed by atoms with Crippen LogP contribution in [-0.2, 0) is 21.3 Å². The molecule has 4 rings (SSSR count). The van der Waals surface area contributed by atoms with Gasteiger partial charge in [-0.1, -0.05) is 6.07 Å². The Morgan fingerprint density at radius 3 is 2.50 bits per heavy atom. The molecule has 12 heteroatoms. The SMILES string of the molecule is CC(C)(OCC(=O)O)c1cc2nn(C3CCC(CO)CC3)cc2cc1NC(=O)c1cccc(C(F)(F)F)n1. The lowest BCUT2D eigenvalue weighted by Crippen LogP contribution is -2.27. The second kappa shape index (κ2) is 10.7. The minimum absolute atomic E-state index is 0.136. The monoisotopic (exact) mass is 534 g/mol. The summed E-state index contributed by atoms with van der Waals surface area (Å²) in [5.41, 5.74) is -1.58. The van der Waals surface area contributed by atoms with Gasteiger partial charge in [-0.15, -0.1) is 0 Å². The summed E-state index contributed by atoms with van der Waals surface area (Å²) in [7, 11) is 0. The van der Waals surface area contributed by atoms with Crippen LogP contribution in [-0.4, -0.2) is 50.1 Å². The maximum Gasteiger partial charge on any atom is 0.433 e. The topological polar surface area (TPSA) is 127 Å². The van der Waals surface area contributed by atoms with Crippen LogP contribution in [0.2, 0.25) is 0 Å². The van der Waals surface area contributed by atoms with Gasteiger partial charge in [0, 0.05) is 29.4 Å². The van der Waals surface area contributed by atoms with Gasteiger partial charge >= 0.3 is 12.1 Å². The molecule has 1 aromatic carbocycles. The first-order chi connectivity index (χ1) is 17.9. The number of fused-ring (bicyclic) bond motifs is 1. The maximum absolute atomic E-state index is 13.1. The van der Waals surface area contributed by atoms with Crippen LogP contribution in [0.25, 0.3) is 10.9 Å². The lowest BCUT2D eigenvalue weighted by atomic mass is 9.87. The lowest BCUT2D eigenvalue weighted by molar-refractivity contribution is -0.148. The van der Waals surface area contributed by atoms with Crippen molar-refractivity contribution in [2.75, 3.05) is 18.5 Å². The molecule has 204 valence electrons. The Morgan fingerprint density at radius 1 is 1.16 bits per heavy atom. The van der Waals surface area contributed by atoms with Crippen LogP contribution in [0.4, 0.5) is 18.9 Å². The number of anilines is 1. The third-order valence-corrected chi connectivity index (χ3v) is 6.84. The van der Waals surface area contributed by atoms with E-state index >= 15 is 0 Å². The molecule has 0 atom stereocenters. The normalized spacial score (nSPS) is 18.5. The molecule has 1 saturated carbocycles. The van der Waals surface area contributed by atoms with E-state index in [1.807, 2.05) is 10.9 Å². The number of aliphatic hydroxyl groups excluding tert-OH is 1. The molecule has 0 bridgehead atoms. The number of pyridine rings is 1. The van der Waals surface area contributed by atoms with Gasteiger partial charge in [0.2, 0.25) is 0 Å². The zero-order chi connectivity index (χ0) is 27.7. The number of carboxylic acids is 1. The first-order valence-corrected chi connectivity index (χ1v) is 12.2. The molecule has 0 radical (unpaired) electrons. The fourth-order valence-electron chi connectivity index (χ4n) is 4.70. The molecule has 3 N–H and O–H groups in total. The Kier molecular flexibility index (Phi) is 7.75. The Morgan fingerprint density at radius 2 is 1.87 bits per heavy atom. The summed E-state index contributed by atoms with van der Waals surface area (Å²) in [6.07, 6.45) is 0.590. The van der Waals surface area contributed by atoms with Crippen LogP contribution in [0.1, 0.15) is 67.3 Å². The molecule has 38 heavy (non-hydrogen) atoms. The summed E-state index contributed by atoms with van der Waals surface area (Å²) in [4.78, 5) is 27.6. The molecule has 0 spiro atoms. The van der Waals surface area contributed by atoms with Crippen LogP contribution >= 0.6 is 0 Å². The highest BCUT2D eigenvalue weighted by Crippen LogP contribution is 2.37. The van der Waals surface area contributed by atoms with E-state index in [9.17, 15) is 27.9 Å². The van der Waals surface area contributed by atoms with E-state index in [1.54, 1.807) is 26.0 Å². The highest BCUT2D eigenvalue weighted by Gasteiger charge is 2.33. The Balaban J connectivity index is 1.70. The Labute approximate surface area is 216 Å². The number of alkyl halides is 3. The van der Waals surface area contributed by atoms with Gasteiger partial charge in [-0.05, 0) is 69.7 Å². The number of carbonyl (C=O) groups excluding carboxylic acids is 1. The van der Waals surface area contributed by atoms with Gasteiger partial charge in [-0.3, -0.25) is 9.48 Å². The van der Waals surface area contributed by atoms with E-state index in [2.05, 4.69) is 10.3 Å². The predicted molar refractivity (Wildman–Crippen MR) is 132 cm³/mol. The quantitative estimate of drug-likeness (QED) is 0.380. The van der Waals surface area contributed by atoms with Crippen molar-refractivity contribution in [2.45, 2.75) is 57.3 Å². The van der Waals surface area contributed by atoms with Gasteiger partial charge in [0.1, 0.15) is 18.0 Å². The smallest absolute Gasteiger partial charge is 0.433 e. The van der Waals surface area contributed by atoms with Crippen molar-refractivity contribution < 1.29 is 37.7 Å². The molecule has 2 aromatic heterocycles. The first kappa shape index (κ1) is 27.5. The Bertz CT molecular complexity index is 1330. The fraction of sp³-hybridized carbons (Fsp3) is 0.462. The first-order valence-electron chi connectivity index (χ1n) is 12.2. The molecule has 0 aliphatic heterocycles. The van der Waals surface area contributed by atoms with Crippen LogP contribution in [0.3, 0.4) is 0 Å². The van der Waals surface area contributed by atoms with Crippen molar-refractivity contribution in [3.05, 3.63) is 53.5 Å². The average Bonchev–Trinajstić information content (AvgIpc) is 3.30. The van der Waals surface area contributed by atoms with Crippen molar-refractivity contribution in [2.24, 2.45) is 5.92 Å². The number of halogens is 3. The number of ether oxygens (including phenoxy) is 1. The van der Waals surface area contributed by atoms with Gasteiger partial charge in [-0.2, -0.15) is 18.3 Å². The molecule has 1 amide bonds. The van der Waals surface area contributed by atoms with Crippen LogP contribution in [0.5, 0.6) is 0 Å². The van der Waals surface area contributed by atoms with E-state index in [0.29, 0.717) is 16.5 Å². The predicted octanol–water partition coefficient (Wildman–Crippen LogP) is 4.76. The number of aliphatic hydroxyl groups is 1. The largest absolute Gasteiger partial charge is 0.480 e. The molecule has 9 nitrogen and oxygen atoms in total. The number of carboxylic acid groups (broad SMARTS) is 1. The summed E-state index contributed by atoms with van der Waals surface area (Å²) in [5.74, 6) is -1.76. The van der Waals surface area contributed by atoms with Crippen LogP contribution in [0, 0.1) is 5.92 Å². The molecule has 0 unspecified atom stereocenters. The number of hydrogen-bond donors (Lipinski definition) is 3. The van der Waals surface area contributed by atoms with Gasteiger partial charge < -0.3 is 20.3 Å². The number of aromatic nitrogens is 3. The number of nitrogens with zero attached hydrogens (tertiary/aromatic N) is 3.